The number of anilines is 1. The summed E-state index contributed by atoms with van der Waals surface area (Å²) in [6.07, 6.45) is 5.90. The molecule has 11 nitrogen and oxygen atoms in total. The maximum absolute atomic E-state index is 13.6. The van der Waals surface area contributed by atoms with Crippen molar-refractivity contribution in [2.45, 2.75) is 50.7 Å². The Hall–Kier alpha value is -3.55. The highest BCUT2D eigenvalue weighted by molar-refractivity contribution is 7.89. The van der Waals surface area contributed by atoms with Crippen LogP contribution in [0.25, 0.3) is 17.1 Å². The van der Waals surface area contributed by atoms with Gasteiger partial charge in [-0.15, -0.1) is 12.4 Å². The number of nitrogens with one attached hydrogen (secondary N) is 1. The first kappa shape index (κ1) is 29.4. The lowest BCUT2D eigenvalue weighted by atomic mass is 10.1. The molecule has 1 aliphatic rings. The Balaban J connectivity index is 0.00000370. The SMILES string of the molecule is Cc1ncc(S(=O)(=O)N2CCC(Nc3nccc(-c4cn(C(C)C)c(=O)n4-c4ccc(F)cc4)n3)CC2)n1C.Cl. The second-order valence-corrected chi connectivity index (χ2v) is 11.8. The highest BCUT2D eigenvalue weighted by atomic mass is 35.5. The van der Waals surface area contributed by atoms with E-state index in [0.29, 0.717) is 54.8 Å². The zero-order valence-corrected chi connectivity index (χ0v) is 24.3. The number of hydrogen-bond donors (Lipinski definition) is 1. The summed E-state index contributed by atoms with van der Waals surface area (Å²) in [5.41, 5.74) is 1.36. The first-order valence-corrected chi connectivity index (χ1v) is 14.2. The van der Waals surface area contributed by atoms with Gasteiger partial charge >= 0.3 is 5.69 Å². The van der Waals surface area contributed by atoms with Crippen LogP contribution >= 0.6 is 12.4 Å². The van der Waals surface area contributed by atoms with E-state index in [-0.39, 0.29) is 41.0 Å². The number of aromatic nitrogens is 6. The number of rotatable bonds is 7. The first-order valence-electron chi connectivity index (χ1n) is 12.7. The Morgan fingerprint density at radius 3 is 2.35 bits per heavy atom. The van der Waals surface area contributed by atoms with Crippen molar-refractivity contribution in [3.8, 4) is 17.1 Å². The van der Waals surface area contributed by atoms with Gasteiger partial charge in [0.25, 0.3) is 10.0 Å². The van der Waals surface area contributed by atoms with Crippen molar-refractivity contribution in [1.29, 1.82) is 0 Å². The highest BCUT2D eigenvalue weighted by Gasteiger charge is 2.32. The van der Waals surface area contributed by atoms with Gasteiger partial charge in [-0.2, -0.15) is 4.31 Å². The average molecular weight is 591 g/mol. The van der Waals surface area contributed by atoms with Crippen molar-refractivity contribution in [1.82, 2.24) is 33.0 Å². The molecule has 0 bridgehead atoms. The second-order valence-electron chi connectivity index (χ2n) is 9.90. The molecule has 0 radical (unpaired) electrons. The lowest BCUT2D eigenvalue weighted by molar-refractivity contribution is 0.327. The molecule has 5 rings (SSSR count). The zero-order valence-electron chi connectivity index (χ0n) is 22.7. The van der Waals surface area contributed by atoms with Gasteiger partial charge < -0.3 is 9.88 Å². The minimum Gasteiger partial charge on any atom is -0.351 e. The van der Waals surface area contributed by atoms with Crippen molar-refractivity contribution < 1.29 is 12.8 Å². The van der Waals surface area contributed by atoms with E-state index in [9.17, 15) is 17.6 Å². The highest BCUT2D eigenvalue weighted by Crippen LogP contribution is 2.25. The molecule has 0 saturated carbocycles. The predicted molar refractivity (Wildman–Crippen MR) is 152 cm³/mol. The van der Waals surface area contributed by atoms with Crippen LogP contribution < -0.4 is 11.0 Å². The summed E-state index contributed by atoms with van der Waals surface area (Å²) < 4.78 is 45.9. The summed E-state index contributed by atoms with van der Waals surface area (Å²) in [6, 6.07) is 7.34. The van der Waals surface area contributed by atoms with Crippen molar-refractivity contribution in [3.63, 3.8) is 0 Å². The Labute approximate surface area is 238 Å². The van der Waals surface area contributed by atoms with Gasteiger partial charge in [0.2, 0.25) is 5.95 Å². The molecule has 1 N–H and O–H groups in total. The molecule has 0 spiro atoms. The Bertz CT molecular complexity index is 1660. The second kappa shape index (κ2) is 11.5. The maximum atomic E-state index is 13.6. The maximum Gasteiger partial charge on any atom is 0.333 e. The Kier molecular flexibility index (Phi) is 8.47. The molecule has 1 saturated heterocycles. The van der Waals surface area contributed by atoms with Crippen LogP contribution in [0.5, 0.6) is 0 Å². The molecular formula is C26H32ClFN8O3S. The van der Waals surface area contributed by atoms with E-state index in [1.807, 2.05) is 13.8 Å². The van der Waals surface area contributed by atoms with Crippen LogP contribution in [0.3, 0.4) is 0 Å². The van der Waals surface area contributed by atoms with Crippen molar-refractivity contribution >= 4 is 28.4 Å². The van der Waals surface area contributed by atoms with E-state index < -0.39 is 10.0 Å². The molecule has 40 heavy (non-hydrogen) atoms. The summed E-state index contributed by atoms with van der Waals surface area (Å²) in [5, 5.41) is 3.51. The Morgan fingerprint density at radius 2 is 1.75 bits per heavy atom. The number of aryl methyl sites for hydroxylation is 1. The van der Waals surface area contributed by atoms with Crippen LogP contribution in [0.4, 0.5) is 10.3 Å². The van der Waals surface area contributed by atoms with Gasteiger partial charge in [-0.3, -0.25) is 9.13 Å². The normalized spacial score (nSPS) is 14.8. The predicted octanol–water partition coefficient (Wildman–Crippen LogP) is 3.54. The van der Waals surface area contributed by atoms with E-state index >= 15 is 0 Å². The zero-order chi connectivity index (χ0) is 27.9. The van der Waals surface area contributed by atoms with E-state index in [1.54, 1.807) is 53.7 Å². The average Bonchev–Trinajstić information content (AvgIpc) is 3.44. The van der Waals surface area contributed by atoms with Crippen LogP contribution in [0, 0.1) is 12.7 Å². The van der Waals surface area contributed by atoms with Crippen molar-refractivity contribution in [2.24, 2.45) is 7.05 Å². The standard InChI is InChI=1S/C26H31FN8O3S.ClH/c1-17(2)34-16-23(35(26(34)36)21-7-5-19(27)6-8-21)22-9-12-28-25(31-22)30-20-10-13-33(14-11-20)39(37,38)24-15-29-18(3)32(24)4;/h5-9,12,15-17,20H,10-11,13-14H2,1-4H3,(H,28,30,31);1H. The molecular weight excluding hydrogens is 559 g/mol. The smallest absolute Gasteiger partial charge is 0.333 e. The van der Waals surface area contributed by atoms with Crippen LogP contribution in [0.2, 0.25) is 0 Å². The van der Waals surface area contributed by atoms with Gasteiger partial charge in [0, 0.05) is 44.6 Å². The van der Waals surface area contributed by atoms with Crippen molar-refractivity contribution in [2.75, 3.05) is 18.4 Å². The van der Waals surface area contributed by atoms with Gasteiger partial charge in [0.1, 0.15) is 11.6 Å². The van der Waals surface area contributed by atoms with E-state index in [4.69, 9.17) is 0 Å². The number of benzene rings is 1. The number of nitrogens with zero attached hydrogens (tertiary/aromatic N) is 7. The lowest BCUT2D eigenvalue weighted by Gasteiger charge is -2.31. The molecule has 1 aliphatic heterocycles. The van der Waals surface area contributed by atoms with Gasteiger partial charge in [0.05, 0.1) is 23.3 Å². The summed E-state index contributed by atoms with van der Waals surface area (Å²) in [5.74, 6) is 0.627. The lowest BCUT2D eigenvalue weighted by Crippen LogP contribution is -2.43. The summed E-state index contributed by atoms with van der Waals surface area (Å²) in [4.78, 5) is 26.4. The fourth-order valence-electron chi connectivity index (χ4n) is 4.70. The molecule has 1 aromatic carbocycles. The number of halogens is 2. The molecule has 3 aromatic heterocycles. The first-order chi connectivity index (χ1) is 18.6. The van der Waals surface area contributed by atoms with Gasteiger partial charge in [-0.25, -0.2) is 32.6 Å². The number of imidazole rings is 2. The molecule has 0 aliphatic carbocycles. The molecule has 0 atom stereocenters. The molecule has 4 heterocycles. The van der Waals surface area contributed by atoms with Crippen LogP contribution in [0.15, 0.2) is 58.7 Å². The van der Waals surface area contributed by atoms with Crippen molar-refractivity contribution in [3.05, 3.63) is 71.0 Å². The number of piperidine rings is 1. The molecule has 0 unspecified atom stereocenters. The van der Waals surface area contributed by atoms with Crippen LogP contribution in [-0.2, 0) is 17.1 Å². The van der Waals surface area contributed by atoms with Crippen LogP contribution in [-0.4, -0.2) is 60.5 Å². The fourth-order valence-corrected chi connectivity index (χ4v) is 6.32. The van der Waals surface area contributed by atoms with Gasteiger partial charge in [-0.05, 0) is 63.9 Å². The minimum absolute atomic E-state index is 0. The molecule has 14 heteroatoms. The number of hydrogen-bond acceptors (Lipinski definition) is 7. The van der Waals surface area contributed by atoms with Gasteiger partial charge in [0.15, 0.2) is 5.03 Å². The monoisotopic (exact) mass is 590 g/mol. The van der Waals surface area contributed by atoms with E-state index in [2.05, 4.69) is 20.3 Å². The molecule has 214 valence electrons. The molecule has 0 amide bonds. The summed E-state index contributed by atoms with van der Waals surface area (Å²) in [7, 11) is -1.94. The summed E-state index contributed by atoms with van der Waals surface area (Å²) in [6.45, 7) is 6.29. The summed E-state index contributed by atoms with van der Waals surface area (Å²) >= 11 is 0. The largest absolute Gasteiger partial charge is 0.351 e. The third-order valence-electron chi connectivity index (χ3n) is 7.04. The number of sulfonamides is 1. The molecule has 1 fully saturated rings. The van der Waals surface area contributed by atoms with Crippen LogP contribution in [0.1, 0.15) is 38.6 Å². The quantitative estimate of drug-likeness (QED) is 0.349. The molecule has 4 aromatic rings. The fraction of sp³-hybridized carbons (Fsp3) is 0.385. The third kappa shape index (κ3) is 5.54. The third-order valence-corrected chi connectivity index (χ3v) is 9.00. The minimum atomic E-state index is -3.64. The van der Waals surface area contributed by atoms with E-state index in [0.717, 1.165) is 0 Å². The van der Waals surface area contributed by atoms with E-state index in [1.165, 1.54) is 27.2 Å². The Morgan fingerprint density at radius 1 is 1.07 bits per heavy atom. The topological polar surface area (TPSA) is 120 Å². The van der Waals surface area contributed by atoms with Gasteiger partial charge in [-0.1, -0.05) is 0 Å².